The number of benzene rings is 1. The molecule has 1 aliphatic rings. The number of hydrogen-bond acceptors (Lipinski definition) is 3. The molecule has 0 fully saturated rings. The van der Waals surface area contributed by atoms with E-state index in [1.165, 1.54) is 0 Å². The number of rotatable bonds is 6. The summed E-state index contributed by atoms with van der Waals surface area (Å²) in [5.74, 6) is 0.499. The van der Waals surface area contributed by atoms with Crippen molar-refractivity contribution in [2.45, 2.75) is 45.7 Å². The Labute approximate surface area is 185 Å². The second-order valence-electron chi connectivity index (χ2n) is 9.16. The lowest BCUT2D eigenvalue weighted by Crippen LogP contribution is -2.27. The van der Waals surface area contributed by atoms with Crippen molar-refractivity contribution in [1.82, 2.24) is 9.97 Å². The van der Waals surface area contributed by atoms with Gasteiger partial charge in [-0.05, 0) is 35.1 Å². The highest BCUT2D eigenvalue weighted by Gasteiger charge is 2.35. The molecule has 2 N–H and O–H groups in total. The van der Waals surface area contributed by atoms with Crippen molar-refractivity contribution in [3.63, 3.8) is 0 Å². The van der Waals surface area contributed by atoms with Crippen LogP contribution >= 0.6 is 0 Å². The van der Waals surface area contributed by atoms with Gasteiger partial charge < -0.3 is 10.3 Å². The van der Waals surface area contributed by atoms with Crippen LogP contribution in [0.25, 0.3) is 11.3 Å². The van der Waals surface area contributed by atoms with E-state index in [0.717, 1.165) is 40.1 Å². The summed E-state index contributed by atoms with van der Waals surface area (Å²) in [5.41, 5.74) is 5.19. The molecular formula is C25H26F3N3O. The molecule has 0 aliphatic heterocycles. The molecule has 0 atom stereocenters. The van der Waals surface area contributed by atoms with Crippen LogP contribution in [0.5, 0.6) is 0 Å². The van der Waals surface area contributed by atoms with Crippen molar-refractivity contribution >= 4 is 11.6 Å². The molecule has 1 aliphatic carbocycles. The summed E-state index contributed by atoms with van der Waals surface area (Å²) in [6, 6.07) is 13.5. The number of H-pyrrole nitrogens is 1. The van der Waals surface area contributed by atoms with Crippen molar-refractivity contribution in [2.75, 3.05) is 11.9 Å². The van der Waals surface area contributed by atoms with Gasteiger partial charge in [-0.1, -0.05) is 44.2 Å². The summed E-state index contributed by atoms with van der Waals surface area (Å²) in [7, 11) is 0. The van der Waals surface area contributed by atoms with Crippen LogP contribution in [0.4, 0.5) is 19.0 Å². The van der Waals surface area contributed by atoms with E-state index in [2.05, 4.69) is 29.1 Å². The monoisotopic (exact) mass is 441 g/mol. The van der Waals surface area contributed by atoms with Crippen LogP contribution in [-0.2, 0) is 12.8 Å². The predicted molar refractivity (Wildman–Crippen MR) is 119 cm³/mol. The van der Waals surface area contributed by atoms with Crippen LogP contribution < -0.4 is 5.32 Å². The highest BCUT2D eigenvalue weighted by molar-refractivity contribution is 6.02. The minimum absolute atomic E-state index is 0.126. The Bertz CT molecular complexity index is 1120. The van der Waals surface area contributed by atoms with Gasteiger partial charge in [0.1, 0.15) is 5.82 Å². The fraction of sp³-hybridized carbons (Fsp3) is 0.360. The van der Waals surface area contributed by atoms with E-state index in [0.29, 0.717) is 18.7 Å². The van der Waals surface area contributed by atoms with Gasteiger partial charge in [-0.3, -0.25) is 4.79 Å². The zero-order chi connectivity index (χ0) is 22.9. The molecule has 0 bridgehead atoms. The molecule has 4 rings (SSSR count). The van der Waals surface area contributed by atoms with E-state index in [1.807, 2.05) is 36.4 Å². The van der Waals surface area contributed by atoms with Crippen LogP contribution in [0, 0.1) is 5.41 Å². The minimum Gasteiger partial charge on any atom is -0.370 e. The molecule has 0 saturated heterocycles. The normalized spacial score (nSPS) is 15.5. The van der Waals surface area contributed by atoms with Crippen LogP contribution in [0.1, 0.15) is 53.9 Å². The number of alkyl halides is 3. The summed E-state index contributed by atoms with van der Waals surface area (Å²) in [6.07, 6.45) is -1.74. The molecular weight excluding hydrogens is 415 g/mol. The zero-order valence-corrected chi connectivity index (χ0v) is 18.1. The van der Waals surface area contributed by atoms with Crippen molar-refractivity contribution in [1.29, 1.82) is 0 Å². The molecule has 4 nitrogen and oxygen atoms in total. The number of anilines is 1. The number of ketones is 1. The smallest absolute Gasteiger partial charge is 0.370 e. The number of fused-ring (bicyclic) bond motifs is 1. The maximum Gasteiger partial charge on any atom is 0.390 e. The molecule has 0 saturated carbocycles. The quantitative estimate of drug-likeness (QED) is 0.480. The van der Waals surface area contributed by atoms with E-state index < -0.39 is 12.6 Å². The lowest BCUT2D eigenvalue weighted by molar-refractivity contribution is -0.131. The molecule has 2 heterocycles. The minimum atomic E-state index is -4.22. The Balaban J connectivity index is 1.72. The summed E-state index contributed by atoms with van der Waals surface area (Å²) in [6.45, 7) is 3.92. The fourth-order valence-electron chi connectivity index (χ4n) is 4.37. The average molecular weight is 441 g/mol. The standard InChI is InChI=1S/C25H26F3N3O/c1-24(2)14-19-22(20(32)15-24)18(12-16-6-4-3-5-7-16)23(31-19)17-8-10-29-21(13-17)30-11-9-25(26,27)28/h3-8,10,13,31H,9,11-12,14-15H2,1-2H3,(H,29,30). The number of carbonyl (C=O) groups is 1. The number of aromatic nitrogens is 2. The van der Waals surface area contributed by atoms with E-state index in [4.69, 9.17) is 0 Å². The number of nitrogens with zero attached hydrogens (tertiary/aromatic N) is 1. The Kier molecular flexibility index (Phi) is 5.84. The molecule has 32 heavy (non-hydrogen) atoms. The SMILES string of the molecule is CC1(C)CC(=O)c2c([nH]c(-c3ccnc(NCCC(F)(F)F)c3)c2Cc2ccccc2)C1. The third-order valence-electron chi connectivity index (χ3n) is 5.74. The number of aromatic amines is 1. The first-order valence-corrected chi connectivity index (χ1v) is 10.7. The van der Waals surface area contributed by atoms with Gasteiger partial charge in [0.05, 0.1) is 12.1 Å². The molecule has 0 amide bonds. The Morgan fingerprint density at radius 3 is 2.59 bits per heavy atom. The topological polar surface area (TPSA) is 57.8 Å². The van der Waals surface area contributed by atoms with Gasteiger partial charge >= 0.3 is 6.18 Å². The van der Waals surface area contributed by atoms with E-state index in [-0.39, 0.29) is 17.7 Å². The Hall–Kier alpha value is -3.09. The first-order chi connectivity index (χ1) is 15.1. The second kappa shape index (κ2) is 8.45. The third-order valence-corrected chi connectivity index (χ3v) is 5.74. The number of hydrogen-bond donors (Lipinski definition) is 2. The Morgan fingerprint density at radius 2 is 1.88 bits per heavy atom. The fourth-order valence-corrected chi connectivity index (χ4v) is 4.37. The average Bonchev–Trinajstić information content (AvgIpc) is 3.05. The first kappa shape index (κ1) is 22.1. The number of pyridine rings is 1. The molecule has 1 aromatic carbocycles. The molecule has 7 heteroatoms. The van der Waals surface area contributed by atoms with Crippen molar-refractivity contribution in [3.8, 4) is 11.3 Å². The molecule has 168 valence electrons. The van der Waals surface area contributed by atoms with Gasteiger partial charge in [-0.2, -0.15) is 13.2 Å². The van der Waals surface area contributed by atoms with E-state index in [1.54, 1.807) is 12.3 Å². The van der Waals surface area contributed by atoms with Gasteiger partial charge in [0, 0.05) is 42.4 Å². The predicted octanol–water partition coefficient (Wildman–Crippen LogP) is 6.19. The van der Waals surface area contributed by atoms with Crippen molar-refractivity contribution < 1.29 is 18.0 Å². The summed E-state index contributed by atoms with van der Waals surface area (Å²) in [4.78, 5) is 20.7. The lowest BCUT2D eigenvalue weighted by Gasteiger charge is -2.28. The molecule has 2 aromatic heterocycles. The largest absolute Gasteiger partial charge is 0.390 e. The van der Waals surface area contributed by atoms with Crippen LogP contribution in [0.2, 0.25) is 0 Å². The summed E-state index contributed by atoms with van der Waals surface area (Å²) in [5, 5.41) is 2.75. The van der Waals surface area contributed by atoms with Crippen LogP contribution in [-0.4, -0.2) is 28.5 Å². The molecule has 0 radical (unpaired) electrons. The van der Waals surface area contributed by atoms with Gasteiger partial charge in [-0.15, -0.1) is 0 Å². The van der Waals surface area contributed by atoms with Crippen LogP contribution in [0.15, 0.2) is 48.7 Å². The first-order valence-electron chi connectivity index (χ1n) is 10.7. The maximum atomic E-state index is 13.1. The number of Topliss-reactive ketones (excluding diaryl/α,β-unsaturated/α-hetero) is 1. The van der Waals surface area contributed by atoms with Crippen molar-refractivity contribution in [3.05, 3.63) is 71.0 Å². The number of nitrogens with one attached hydrogen (secondary N) is 2. The highest BCUT2D eigenvalue weighted by Crippen LogP contribution is 2.40. The maximum absolute atomic E-state index is 13.1. The molecule has 0 unspecified atom stereocenters. The number of carbonyl (C=O) groups excluding carboxylic acids is 1. The zero-order valence-electron chi connectivity index (χ0n) is 18.1. The second-order valence-corrected chi connectivity index (χ2v) is 9.16. The third kappa shape index (κ3) is 5.03. The Morgan fingerprint density at radius 1 is 1.12 bits per heavy atom. The van der Waals surface area contributed by atoms with Crippen molar-refractivity contribution in [2.24, 2.45) is 5.41 Å². The van der Waals surface area contributed by atoms with Gasteiger partial charge in [0.25, 0.3) is 0 Å². The van der Waals surface area contributed by atoms with E-state index >= 15 is 0 Å². The van der Waals surface area contributed by atoms with Gasteiger partial charge in [0.2, 0.25) is 0 Å². The van der Waals surface area contributed by atoms with E-state index in [9.17, 15) is 18.0 Å². The summed E-state index contributed by atoms with van der Waals surface area (Å²) < 4.78 is 37.5. The highest BCUT2D eigenvalue weighted by atomic mass is 19.4. The van der Waals surface area contributed by atoms with Gasteiger partial charge in [0.15, 0.2) is 5.78 Å². The van der Waals surface area contributed by atoms with Gasteiger partial charge in [-0.25, -0.2) is 4.98 Å². The summed E-state index contributed by atoms with van der Waals surface area (Å²) >= 11 is 0. The van der Waals surface area contributed by atoms with Crippen LogP contribution in [0.3, 0.4) is 0 Å². The molecule has 0 spiro atoms. The molecule has 3 aromatic rings. The lowest BCUT2D eigenvalue weighted by atomic mass is 9.75. The number of halogens is 3.